The van der Waals surface area contributed by atoms with Gasteiger partial charge < -0.3 is 15.8 Å². The minimum absolute atomic E-state index is 0.324. The highest BCUT2D eigenvalue weighted by molar-refractivity contribution is 5.86. The van der Waals surface area contributed by atoms with Gasteiger partial charge in [-0.25, -0.2) is 9.78 Å². The largest absolute Gasteiger partial charge is 0.466 e. The molecule has 3 N–H and O–H groups in total. The van der Waals surface area contributed by atoms with E-state index in [1.165, 1.54) is 31.7 Å². The number of anilines is 1. The smallest absolute Gasteiger partial charge is 0.330 e. The molecule has 1 aromatic heterocycles. The summed E-state index contributed by atoms with van der Waals surface area (Å²) in [6.45, 7) is 4.01. The highest BCUT2D eigenvalue weighted by Gasteiger charge is 2.17. The number of nitrogens with one attached hydrogen (secondary N) is 1. The van der Waals surface area contributed by atoms with Crippen molar-refractivity contribution >= 4 is 23.8 Å². The molecule has 21 heavy (non-hydrogen) atoms. The van der Waals surface area contributed by atoms with Gasteiger partial charge in [0.05, 0.1) is 25.2 Å². The lowest BCUT2D eigenvalue weighted by molar-refractivity contribution is -0.134. The number of aromatic nitrogens is 2. The summed E-state index contributed by atoms with van der Waals surface area (Å²) in [5.74, 6) is -0.121. The molecule has 0 saturated heterocycles. The first-order chi connectivity index (χ1) is 9.92. The minimum Gasteiger partial charge on any atom is -0.466 e. The lowest BCUT2D eigenvalue weighted by atomic mass is 10.0. The van der Waals surface area contributed by atoms with E-state index in [1.54, 1.807) is 0 Å². The van der Waals surface area contributed by atoms with Crippen molar-refractivity contribution < 1.29 is 14.3 Å². The van der Waals surface area contributed by atoms with Gasteiger partial charge in [0.25, 0.3) is 0 Å². The van der Waals surface area contributed by atoms with Crippen LogP contribution in [0.2, 0.25) is 0 Å². The summed E-state index contributed by atoms with van der Waals surface area (Å²) in [6.07, 6.45) is 6.31. The predicted molar refractivity (Wildman–Crippen MR) is 79.1 cm³/mol. The van der Waals surface area contributed by atoms with Gasteiger partial charge in [-0.1, -0.05) is 13.8 Å². The van der Waals surface area contributed by atoms with E-state index in [-0.39, 0.29) is 0 Å². The van der Waals surface area contributed by atoms with Crippen LogP contribution in [0.4, 0.5) is 5.82 Å². The van der Waals surface area contributed by atoms with Crippen LogP contribution in [0.3, 0.4) is 0 Å². The van der Waals surface area contributed by atoms with Crippen molar-refractivity contribution in [3.8, 4) is 0 Å². The fourth-order valence-corrected chi connectivity index (χ4v) is 1.62. The summed E-state index contributed by atoms with van der Waals surface area (Å²) in [6, 6.07) is -0.490. The summed E-state index contributed by atoms with van der Waals surface area (Å²) in [7, 11) is 1.30. The molecule has 7 nitrogen and oxygen atoms in total. The second-order valence-corrected chi connectivity index (χ2v) is 4.91. The molecule has 1 atom stereocenters. The van der Waals surface area contributed by atoms with E-state index in [2.05, 4.69) is 20.0 Å². The van der Waals surface area contributed by atoms with Crippen molar-refractivity contribution in [3.63, 3.8) is 0 Å². The molecule has 0 bridgehead atoms. The Morgan fingerprint density at radius 1 is 1.38 bits per heavy atom. The molecular weight excluding hydrogens is 272 g/mol. The zero-order valence-corrected chi connectivity index (χ0v) is 12.4. The zero-order valence-electron chi connectivity index (χ0n) is 12.4. The number of rotatable bonds is 7. The molecule has 0 aromatic carbocycles. The Kier molecular flexibility index (Phi) is 6.32. The van der Waals surface area contributed by atoms with Gasteiger partial charge in [-0.15, -0.1) is 0 Å². The monoisotopic (exact) mass is 292 g/mol. The Bertz CT molecular complexity index is 511. The van der Waals surface area contributed by atoms with Crippen LogP contribution in [-0.2, 0) is 14.3 Å². The van der Waals surface area contributed by atoms with Gasteiger partial charge in [-0.3, -0.25) is 9.78 Å². The van der Waals surface area contributed by atoms with Gasteiger partial charge in [0, 0.05) is 6.08 Å². The first kappa shape index (κ1) is 16.6. The highest BCUT2D eigenvalue weighted by atomic mass is 16.5. The Balaban J connectivity index is 2.70. The molecule has 0 fully saturated rings. The van der Waals surface area contributed by atoms with E-state index in [0.29, 0.717) is 23.9 Å². The molecule has 1 amide bonds. The maximum atomic E-state index is 11.4. The van der Waals surface area contributed by atoms with Crippen LogP contribution in [0, 0.1) is 5.92 Å². The number of hydrogen-bond donors (Lipinski definition) is 2. The number of carbonyl (C=O) groups excluding carboxylic acids is 2. The molecule has 114 valence electrons. The lowest BCUT2D eigenvalue weighted by Gasteiger charge is -2.17. The molecule has 0 unspecified atom stereocenters. The molecule has 1 rings (SSSR count). The minimum atomic E-state index is -0.490. The average molecular weight is 292 g/mol. The van der Waals surface area contributed by atoms with Crippen LogP contribution >= 0.6 is 0 Å². The van der Waals surface area contributed by atoms with Crippen LogP contribution in [0.5, 0.6) is 0 Å². The fourth-order valence-electron chi connectivity index (χ4n) is 1.62. The second-order valence-electron chi connectivity index (χ2n) is 4.91. The first-order valence-electron chi connectivity index (χ1n) is 6.56. The fraction of sp³-hybridized carbons (Fsp3) is 0.429. The molecule has 0 spiro atoms. The van der Waals surface area contributed by atoms with Gasteiger partial charge in [0.2, 0.25) is 5.91 Å². The van der Waals surface area contributed by atoms with Crippen molar-refractivity contribution in [1.82, 2.24) is 9.97 Å². The lowest BCUT2D eigenvalue weighted by Crippen LogP contribution is -2.36. The number of methoxy groups -OCH3 is 1. The van der Waals surface area contributed by atoms with Gasteiger partial charge in [0.15, 0.2) is 0 Å². The van der Waals surface area contributed by atoms with Gasteiger partial charge in [-0.05, 0) is 18.4 Å². The maximum absolute atomic E-state index is 11.4. The van der Waals surface area contributed by atoms with Gasteiger partial charge in [0.1, 0.15) is 11.9 Å². The molecule has 0 radical (unpaired) electrons. The van der Waals surface area contributed by atoms with Crippen molar-refractivity contribution in [2.24, 2.45) is 11.7 Å². The number of nitrogens with two attached hydrogens (primary N) is 1. The van der Waals surface area contributed by atoms with Crippen LogP contribution in [0.25, 0.3) is 6.08 Å². The number of nitrogens with zero attached hydrogens (tertiary/aromatic N) is 2. The third kappa shape index (κ3) is 6.03. The van der Waals surface area contributed by atoms with E-state index in [1.807, 2.05) is 13.8 Å². The van der Waals surface area contributed by atoms with Crippen molar-refractivity contribution in [3.05, 3.63) is 24.2 Å². The van der Waals surface area contributed by atoms with Crippen molar-refractivity contribution in [2.75, 3.05) is 12.4 Å². The molecule has 1 aromatic rings. The predicted octanol–water partition coefficient (Wildman–Crippen LogP) is 0.975. The Hall–Kier alpha value is -2.44. The molecule has 0 aliphatic carbocycles. The maximum Gasteiger partial charge on any atom is 0.330 e. The molecule has 0 aliphatic rings. The van der Waals surface area contributed by atoms with Crippen molar-refractivity contribution in [2.45, 2.75) is 26.3 Å². The number of primary amides is 1. The summed E-state index contributed by atoms with van der Waals surface area (Å²) < 4.78 is 4.47. The van der Waals surface area contributed by atoms with Crippen LogP contribution in [-0.4, -0.2) is 35.0 Å². The normalized spacial score (nSPS) is 12.4. The van der Waals surface area contributed by atoms with Crippen LogP contribution < -0.4 is 11.1 Å². The number of carbonyl (C=O) groups is 2. The number of ether oxygens (including phenoxy) is 1. The quantitative estimate of drug-likeness (QED) is 0.573. The van der Waals surface area contributed by atoms with E-state index in [9.17, 15) is 9.59 Å². The third-order valence-electron chi connectivity index (χ3n) is 2.64. The molecule has 7 heteroatoms. The van der Waals surface area contributed by atoms with E-state index in [4.69, 9.17) is 5.73 Å². The summed E-state index contributed by atoms with van der Waals surface area (Å²) in [4.78, 5) is 30.6. The zero-order chi connectivity index (χ0) is 15.8. The first-order valence-corrected chi connectivity index (χ1v) is 6.56. The Labute approximate surface area is 123 Å². The summed E-state index contributed by atoms with van der Waals surface area (Å²) in [5, 5.41) is 2.95. The average Bonchev–Trinajstić information content (AvgIpc) is 2.44. The van der Waals surface area contributed by atoms with Crippen molar-refractivity contribution in [1.29, 1.82) is 0 Å². The summed E-state index contributed by atoms with van der Waals surface area (Å²) in [5.41, 5.74) is 5.85. The molecular formula is C14H20N4O3. The topological polar surface area (TPSA) is 107 Å². The second kappa shape index (κ2) is 7.98. The number of amides is 1. The van der Waals surface area contributed by atoms with E-state index in [0.717, 1.165) is 0 Å². The highest BCUT2D eigenvalue weighted by Crippen LogP contribution is 2.10. The SMILES string of the molecule is COC(=O)/C=C/c1cnc(N[C@H](CC(C)C)C(N)=O)cn1. The van der Waals surface area contributed by atoms with Crippen LogP contribution in [0.15, 0.2) is 18.5 Å². The summed E-state index contributed by atoms with van der Waals surface area (Å²) >= 11 is 0. The van der Waals surface area contributed by atoms with E-state index >= 15 is 0 Å². The molecule has 1 heterocycles. The number of esters is 1. The van der Waals surface area contributed by atoms with Gasteiger partial charge in [-0.2, -0.15) is 0 Å². The molecule has 0 saturated carbocycles. The Morgan fingerprint density at radius 3 is 2.57 bits per heavy atom. The van der Waals surface area contributed by atoms with E-state index < -0.39 is 17.9 Å². The van der Waals surface area contributed by atoms with Crippen LogP contribution in [0.1, 0.15) is 26.0 Å². The molecule has 0 aliphatic heterocycles. The Morgan fingerprint density at radius 2 is 2.10 bits per heavy atom. The standard InChI is InChI=1S/C14H20N4O3/c1-9(2)6-11(14(15)20)18-12-8-16-10(7-17-12)4-5-13(19)21-3/h4-5,7-9,11H,6H2,1-3H3,(H2,15,20)(H,17,18)/b5-4+/t11-/m1/s1. The number of hydrogen-bond acceptors (Lipinski definition) is 6. The third-order valence-corrected chi connectivity index (χ3v) is 2.64. The van der Waals surface area contributed by atoms with Gasteiger partial charge >= 0.3 is 5.97 Å².